The van der Waals surface area contributed by atoms with Gasteiger partial charge in [0.15, 0.2) is 0 Å². The fraction of sp³-hybridized carbons (Fsp3) is 0.111. The van der Waals surface area contributed by atoms with Crippen molar-refractivity contribution in [2.75, 3.05) is 11.9 Å². The Labute approximate surface area is 143 Å². The van der Waals surface area contributed by atoms with E-state index >= 15 is 0 Å². The van der Waals surface area contributed by atoms with E-state index < -0.39 is 5.82 Å². The van der Waals surface area contributed by atoms with Crippen molar-refractivity contribution in [3.63, 3.8) is 0 Å². The zero-order valence-electron chi connectivity index (χ0n) is 12.8. The van der Waals surface area contributed by atoms with Crippen molar-refractivity contribution in [2.24, 2.45) is 0 Å². The highest BCUT2D eigenvalue weighted by Crippen LogP contribution is 2.27. The molecule has 1 aromatic heterocycles. The van der Waals surface area contributed by atoms with Gasteiger partial charge in [-0.1, -0.05) is 11.6 Å². The van der Waals surface area contributed by atoms with Crippen LogP contribution in [-0.2, 0) is 0 Å². The Morgan fingerprint density at radius 3 is 2.79 bits per heavy atom. The van der Waals surface area contributed by atoms with Crippen molar-refractivity contribution in [3.05, 3.63) is 58.9 Å². The van der Waals surface area contributed by atoms with Crippen LogP contribution in [0.2, 0.25) is 5.02 Å². The summed E-state index contributed by atoms with van der Waals surface area (Å²) in [6.07, 6.45) is 0. The van der Waals surface area contributed by atoms with Gasteiger partial charge in [0.05, 0.1) is 22.7 Å². The zero-order chi connectivity index (χ0) is 17.1. The molecule has 3 rings (SSSR count). The Hall–Kier alpha value is -2.84. The van der Waals surface area contributed by atoms with Crippen LogP contribution in [0.3, 0.4) is 0 Å². The molecule has 0 saturated heterocycles. The largest absolute Gasteiger partial charge is 0.494 e. The highest BCUT2D eigenvalue weighted by molar-refractivity contribution is 6.31. The molecule has 4 nitrogen and oxygen atoms in total. The summed E-state index contributed by atoms with van der Waals surface area (Å²) < 4.78 is 18.7. The number of rotatable bonds is 4. The van der Waals surface area contributed by atoms with Gasteiger partial charge in [-0.05, 0) is 43.3 Å². The van der Waals surface area contributed by atoms with Gasteiger partial charge in [-0.2, -0.15) is 5.26 Å². The minimum Gasteiger partial charge on any atom is -0.494 e. The van der Waals surface area contributed by atoms with Crippen molar-refractivity contribution >= 4 is 34.0 Å². The van der Waals surface area contributed by atoms with Gasteiger partial charge in [0.1, 0.15) is 23.5 Å². The van der Waals surface area contributed by atoms with Gasteiger partial charge in [-0.3, -0.25) is 0 Å². The minimum absolute atomic E-state index is 0.00192. The van der Waals surface area contributed by atoms with Crippen LogP contribution in [0.5, 0.6) is 5.75 Å². The molecule has 0 atom stereocenters. The lowest BCUT2D eigenvalue weighted by atomic mass is 10.1. The molecule has 1 heterocycles. The second-order valence-corrected chi connectivity index (χ2v) is 5.44. The van der Waals surface area contributed by atoms with Crippen LogP contribution in [0.1, 0.15) is 12.5 Å². The Bertz CT molecular complexity index is 953. The summed E-state index contributed by atoms with van der Waals surface area (Å²) >= 11 is 5.79. The normalized spacial score (nSPS) is 10.4. The van der Waals surface area contributed by atoms with E-state index in [1.807, 2.05) is 25.1 Å². The molecule has 0 aliphatic rings. The first-order valence-electron chi connectivity index (χ1n) is 7.30. The van der Waals surface area contributed by atoms with E-state index in [0.29, 0.717) is 34.9 Å². The molecule has 0 aliphatic carbocycles. The minimum atomic E-state index is -0.504. The van der Waals surface area contributed by atoms with Gasteiger partial charge in [0, 0.05) is 17.1 Å². The second-order valence-electron chi connectivity index (χ2n) is 5.04. The van der Waals surface area contributed by atoms with E-state index in [0.717, 1.165) is 5.39 Å². The topological polar surface area (TPSA) is 57.9 Å². The molecule has 1 N–H and O–H groups in total. The molecule has 3 aromatic rings. The molecule has 0 radical (unpaired) electrons. The smallest absolute Gasteiger partial charge is 0.149 e. The van der Waals surface area contributed by atoms with Crippen LogP contribution in [0, 0.1) is 17.1 Å². The number of halogens is 2. The predicted octanol–water partition coefficient (Wildman–Crippen LogP) is 5.04. The maximum absolute atomic E-state index is 13.3. The monoisotopic (exact) mass is 341 g/mol. The highest BCUT2D eigenvalue weighted by atomic mass is 35.5. The quantitative estimate of drug-likeness (QED) is 0.722. The van der Waals surface area contributed by atoms with Gasteiger partial charge >= 0.3 is 0 Å². The predicted molar refractivity (Wildman–Crippen MR) is 92.3 cm³/mol. The zero-order valence-corrected chi connectivity index (χ0v) is 13.6. The van der Waals surface area contributed by atoms with Gasteiger partial charge in [-0.25, -0.2) is 9.37 Å². The van der Waals surface area contributed by atoms with Crippen LogP contribution in [0.4, 0.5) is 15.9 Å². The van der Waals surface area contributed by atoms with Crippen LogP contribution in [0.15, 0.2) is 42.5 Å². The van der Waals surface area contributed by atoms with E-state index in [2.05, 4.69) is 16.4 Å². The molecule has 120 valence electrons. The SMILES string of the molecule is CCOc1ccc2cc(C#N)c(Nc3ccc(F)c(Cl)c3)nc2c1. The van der Waals surface area contributed by atoms with Gasteiger partial charge in [-0.15, -0.1) is 0 Å². The molecule has 24 heavy (non-hydrogen) atoms. The number of benzene rings is 2. The first kappa shape index (κ1) is 16.0. The lowest BCUT2D eigenvalue weighted by Crippen LogP contribution is -1.99. The Balaban J connectivity index is 2.04. The molecule has 2 aromatic carbocycles. The van der Waals surface area contributed by atoms with E-state index in [-0.39, 0.29) is 5.02 Å². The molecule has 0 saturated carbocycles. The van der Waals surface area contributed by atoms with E-state index in [1.165, 1.54) is 18.2 Å². The van der Waals surface area contributed by atoms with Crippen molar-refractivity contribution in [3.8, 4) is 11.8 Å². The van der Waals surface area contributed by atoms with Crippen LogP contribution >= 0.6 is 11.6 Å². The number of hydrogen-bond donors (Lipinski definition) is 1. The number of anilines is 2. The molecule has 0 unspecified atom stereocenters. The summed E-state index contributed by atoms with van der Waals surface area (Å²) in [7, 11) is 0. The number of aromatic nitrogens is 1. The fourth-order valence-corrected chi connectivity index (χ4v) is 2.48. The number of hydrogen-bond acceptors (Lipinski definition) is 4. The number of fused-ring (bicyclic) bond motifs is 1. The number of nitrogens with one attached hydrogen (secondary N) is 1. The average molecular weight is 342 g/mol. The van der Waals surface area contributed by atoms with Crippen LogP contribution in [-0.4, -0.2) is 11.6 Å². The third-order valence-corrected chi connectivity index (χ3v) is 3.69. The average Bonchev–Trinajstić information content (AvgIpc) is 2.58. The lowest BCUT2D eigenvalue weighted by Gasteiger charge is -2.10. The summed E-state index contributed by atoms with van der Waals surface area (Å²) in [5.74, 6) is 0.579. The van der Waals surface area contributed by atoms with E-state index in [9.17, 15) is 9.65 Å². The molecule has 6 heteroatoms. The number of nitrogens with zero attached hydrogens (tertiary/aromatic N) is 2. The number of nitriles is 1. The fourth-order valence-electron chi connectivity index (χ4n) is 2.29. The first-order valence-corrected chi connectivity index (χ1v) is 7.68. The van der Waals surface area contributed by atoms with Crippen molar-refractivity contribution in [2.45, 2.75) is 6.92 Å². The number of ether oxygens (including phenoxy) is 1. The van der Waals surface area contributed by atoms with Gasteiger partial charge in [0.2, 0.25) is 0 Å². The maximum atomic E-state index is 13.3. The third kappa shape index (κ3) is 3.24. The Morgan fingerprint density at radius 1 is 1.25 bits per heavy atom. The third-order valence-electron chi connectivity index (χ3n) is 3.40. The molecule has 0 aliphatic heterocycles. The van der Waals surface area contributed by atoms with E-state index in [4.69, 9.17) is 16.3 Å². The molecule has 0 bridgehead atoms. The highest BCUT2D eigenvalue weighted by Gasteiger charge is 2.09. The van der Waals surface area contributed by atoms with E-state index in [1.54, 1.807) is 6.07 Å². The number of pyridine rings is 1. The molecule has 0 amide bonds. The summed E-state index contributed by atoms with van der Waals surface area (Å²) in [5, 5.41) is 13.2. The Morgan fingerprint density at radius 2 is 2.08 bits per heavy atom. The van der Waals surface area contributed by atoms with Crippen LogP contribution < -0.4 is 10.1 Å². The Kier molecular flexibility index (Phi) is 4.50. The molecular weight excluding hydrogens is 329 g/mol. The van der Waals surface area contributed by atoms with Crippen molar-refractivity contribution in [1.82, 2.24) is 4.98 Å². The standard InChI is InChI=1S/C18H13ClFN3O/c1-2-24-14-5-3-11-7-12(10-21)18(23-17(11)9-14)22-13-4-6-16(20)15(19)8-13/h3-9H,2H2,1H3,(H,22,23). The maximum Gasteiger partial charge on any atom is 0.149 e. The van der Waals surface area contributed by atoms with Crippen LogP contribution in [0.25, 0.3) is 10.9 Å². The second kappa shape index (κ2) is 6.73. The lowest BCUT2D eigenvalue weighted by molar-refractivity contribution is 0.340. The summed E-state index contributed by atoms with van der Waals surface area (Å²) in [4.78, 5) is 4.49. The van der Waals surface area contributed by atoms with Crippen molar-refractivity contribution in [1.29, 1.82) is 5.26 Å². The molecule has 0 fully saturated rings. The van der Waals surface area contributed by atoms with Gasteiger partial charge < -0.3 is 10.1 Å². The van der Waals surface area contributed by atoms with Crippen molar-refractivity contribution < 1.29 is 9.13 Å². The molecule has 0 spiro atoms. The first-order chi connectivity index (χ1) is 11.6. The summed E-state index contributed by atoms with van der Waals surface area (Å²) in [6.45, 7) is 2.46. The molecular formula is C18H13ClFN3O. The van der Waals surface area contributed by atoms with Gasteiger partial charge in [0.25, 0.3) is 0 Å². The summed E-state index contributed by atoms with van der Waals surface area (Å²) in [5.41, 5.74) is 1.62. The summed E-state index contributed by atoms with van der Waals surface area (Å²) in [6, 6.07) is 13.6.